The third kappa shape index (κ3) is 7.77. The SMILES string of the molecule is CC.CC.CCCNC(=O)c1sccc1NC(=O)c1ccc(O)c(C(F)(F)F)c1. The molecule has 2 rings (SSSR count). The minimum Gasteiger partial charge on any atom is -0.507 e. The molecule has 162 valence electrons. The van der Waals surface area contributed by atoms with Gasteiger partial charge in [0.15, 0.2) is 0 Å². The van der Waals surface area contributed by atoms with Crippen LogP contribution >= 0.6 is 11.3 Å². The van der Waals surface area contributed by atoms with Crippen molar-refractivity contribution in [1.29, 1.82) is 0 Å². The number of benzene rings is 1. The third-order valence-corrected chi connectivity index (χ3v) is 4.13. The number of halogens is 3. The summed E-state index contributed by atoms with van der Waals surface area (Å²) in [4.78, 5) is 24.5. The highest BCUT2D eigenvalue weighted by Crippen LogP contribution is 2.36. The standard InChI is InChI=1S/C16H15F3N2O3S.2C2H6/c1-2-6-20-15(24)13-11(5-7-25-13)21-14(23)9-3-4-12(22)10(8-9)16(17,18)19;2*1-2/h3-5,7-8,22H,2,6H2,1H3,(H,20,24)(H,21,23);2*1-2H3. The zero-order valence-electron chi connectivity index (χ0n) is 17.1. The number of hydrogen-bond acceptors (Lipinski definition) is 4. The highest BCUT2D eigenvalue weighted by molar-refractivity contribution is 7.12. The van der Waals surface area contributed by atoms with Gasteiger partial charge in [-0.1, -0.05) is 34.6 Å². The van der Waals surface area contributed by atoms with Crippen molar-refractivity contribution in [3.05, 3.63) is 45.6 Å². The van der Waals surface area contributed by atoms with Crippen LogP contribution in [0.3, 0.4) is 0 Å². The fourth-order valence-corrected chi connectivity index (χ4v) is 2.77. The van der Waals surface area contributed by atoms with E-state index in [2.05, 4.69) is 10.6 Å². The molecule has 5 nitrogen and oxygen atoms in total. The molecular weight excluding hydrogens is 405 g/mol. The number of phenolic OH excluding ortho intramolecular Hbond substituents is 1. The van der Waals surface area contributed by atoms with Crippen LogP contribution in [0.15, 0.2) is 29.6 Å². The number of nitrogens with one attached hydrogen (secondary N) is 2. The maximum absolute atomic E-state index is 12.8. The van der Waals surface area contributed by atoms with Gasteiger partial charge in [-0.3, -0.25) is 9.59 Å². The Balaban J connectivity index is 0.00000184. The third-order valence-electron chi connectivity index (χ3n) is 3.22. The summed E-state index contributed by atoms with van der Waals surface area (Å²) < 4.78 is 38.4. The van der Waals surface area contributed by atoms with Crippen LogP contribution in [0.5, 0.6) is 5.75 Å². The molecule has 0 aliphatic carbocycles. The summed E-state index contributed by atoms with van der Waals surface area (Å²) in [6.45, 7) is 10.4. The first-order valence-electron chi connectivity index (χ1n) is 9.31. The minimum atomic E-state index is -4.78. The summed E-state index contributed by atoms with van der Waals surface area (Å²) in [5.41, 5.74) is -1.37. The lowest BCUT2D eigenvalue weighted by atomic mass is 10.1. The summed E-state index contributed by atoms with van der Waals surface area (Å²) in [6.07, 6.45) is -4.04. The van der Waals surface area contributed by atoms with E-state index >= 15 is 0 Å². The smallest absolute Gasteiger partial charge is 0.419 e. The lowest BCUT2D eigenvalue weighted by Crippen LogP contribution is -2.24. The summed E-state index contributed by atoms with van der Waals surface area (Å²) in [5, 5.41) is 16.0. The van der Waals surface area contributed by atoms with Gasteiger partial charge in [0.1, 0.15) is 10.6 Å². The normalized spacial score (nSPS) is 10.1. The van der Waals surface area contributed by atoms with E-state index in [0.29, 0.717) is 12.6 Å². The van der Waals surface area contributed by atoms with E-state index in [9.17, 15) is 27.9 Å². The maximum atomic E-state index is 12.8. The molecule has 0 unspecified atom stereocenters. The van der Waals surface area contributed by atoms with Crippen molar-refractivity contribution in [2.45, 2.75) is 47.2 Å². The van der Waals surface area contributed by atoms with Crippen LogP contribution in [0.4, 0.5) is 18.9 Å². The highest BCUT2D eigenvalue weighted by atomic mass is 32.1. The van der Waals surface area contributed by atoms with E-state index in [1.165, 1.54) is 6.07 Å². The Hall–Kier alpha value is -2.55. The molecular formula is C20H27F3N2O3S. The first kappa shape index (κ1) is 26.4. The molecule has 0 bridgehead atoms. The quantitative estimate of drug-likeness (QED) is 0.549. The number of alkyl halides is 3. The molecule has 0 radical (unpaired) electrons. The molecule has 0 aliphatic heterocycles. The fourth-order valence-electron chi connectivity index (χ4n) is 2.00. The number of carbonyl (C=O) groups is 2. The maximum Gasteiger partial charge on any atom is 0.419 e. The van der Waals surface area contributed by atoms with Gasteiger partial charge < -0.3 is 15.7 Å². The number of amides is 2. The van der Waals surface area contributed by atoms with Crippen LogP contribution in [0, 0.1) is 0 Å². The molecule has 0 saturated carbocycles. The van der Waals surface area contributed by atoms with Crippen molar-refractivity contribution in [2.75, 3.05) is 11.9 Å². The second-order valence-corrected chi connectivity index (χ2v) is 6.02. The van der Waals surface area contributed by atoms with Crippen LogP contribution in [0.25, 0.3) is 0 Å². The van der Waals surface area contributed by atoms with Gasteiger partial charge >= 0.3 is 6.18 Å². The van der Waals surface area contributed by atoms with Gasteiger partial charge in [0.05, 0.1) is 11.3 Å². The van der Waals surface area contributed by atoms with E-state index in [1.54, 1.807) is 5.38 Å². The first-order chi connectivity index (χ1) is 13.7. The van der Waals surface area contributed by atoms with E-state index in [-0.39, 0.29) is 22.0 Å². The van der Waals surface area contributed by atoms with E-state index < -0.39 is 23.4 Å². The molecule has 29 heavy (non-hydrogen) atoms. The second-order valence-electron chi connectivity index (χ2n) is 5.10. The van der Waals surface area contributed by atoms with Crippen LogP contribution in [-0.2, 0) is 6.18 Å². The number of anilines is 1. The first-order valence-corrected chi connectivity index (χ1v) is 10.2. The average molecular weight is 433 g/mol. The molecule has 0 aliphatic rings. The molecule has 3 N–H and O–H groups in total. The van der Waals surface area contributed by atoms with Gasteiger partial charge in [-0.25, -0.2) is 0 Å². The molecule has 2 amide bonds. The molecule has 9 heteroatoms. The van der Waals surface area contributed by atoms with E-state index in [0.717, 1.165) is 29.9 Å². The van der Waals surface area contributed by atoms with Gasteiger partial charge in [-0.05, 0) is 36.1 Å². The Morgan fingerprint density at radius 3 is 2.24 bits per heavy atom. The largest absolute Gasteiger partial charge is 0.507 e. The zero-order chi connectivity index (χ0) is 22.6. The molecule has 1 aromatic carbocycles. The monoisotopic (exact) mass is 432 g/mol. The van der Waals surface area contributed by atoms with Gasteiger partial charge in [0, 0.05) is 12.1 Å². The van der Waals surface area contributed by atoms with Crippen molar-refractivity contribution < 1.29 is 27.9 Å². The van der Waals surface area contributed by atoms with Crippen molar-refractivity contribution in [3.63, 3.8) is 0 Å². The van der Waals surface area contributed by atoms with E-state index in [1.807, 2.05) is 34.6 Å². The van der Waals surface area contributed by atoms with Crippen LogP contribution < -0.4 is 10.6 Å². The molecule has 0 atom stereocenters. The summed E-state index contributed by atoms with van der Waals surface area (Å²) in [7, 11) is 0. The Morgan fingerprint density at radius 2 is 1.69 bits per heavy atom. The van der Waals surface area contributed by atoms with Gasteiger partial charge in [0.25, 0.3) is 11.8 Å². The highest BCUT2D eigenvalue weighted by Gasteiger charge is 2.34. The predicted molar refractivity (Wildman–Crippen MR) is 111 cm³/mol. The number of rotatable bonds is 5. The molecule has 1 heterocycles. The van der Waals surface area contributed by atoms with Crippen molar-refractivity contribution in [3.8, 4) is 5.75 Å². The summed E-state index contributed by atoms with van der Waals surface area (Å²) >= 11 is 1.11. The van der Waals surface area contributed by atoms with Crippen molar-refractivity contribution in [2.24, 2.45) is 0 Å². The van der Waals surface area contributed by atoms with Crippen LogP contribution in [0.2, 0.25) is 0 Å². The average Bonchev–Trinajstić information content (AvgIpc) is 3.16. The lowest BCUT2D eigenvalue weighted by Gasteiger charge is -2.11. The topological polar surface area (TPSA) is 78.4 Å². The fraction of sp³-hybridized carbons (Fsp3) is 0.400. The number of aromatic hydroxyl groups is 1. The molecule has 2 aromatic rings. The van der Waals surface area contributed by atoms with Crippen molar-refractivity contribution >= 4 is 28.8 Å². The minimum absolute atomic E-state index is 0.213. The molecule has 0 spiro atoms. The Morgan fingerprint density at radius 1 is 1.07 bits per heavy atom. The predicted octanol–water partition coefficient (Wildman–Crippen LogP) is 5.92. The van der Waals surface area contributed by atoms with Crippen LogP contribution in [-0.4, -0.2) is 23.5 Å². The zero-order valence-corrected chi connectivity index (χ0v) is 17.9. The molecule has 0 saturated heterocycles. The summed E-state index contributed by atoms with van der Waals surface area (Å²) in [6, 6.07) is 3.94. The van der Waals surface area contributed by atoms with Gasteiger partial charge in [-0.2, -0.15) is 13.2 Å². The lowest BCUT2D eigenvalue weighted by molar-refractivity contribution is -0.138. The molecule has 0 fully saturated rings. The number of thiophene rings is 1. The molecule has 1 aromatic heterocycles. The van der Waals surface area contributed by atoms with Gasteiger partial charge in [0.2, 0.25) is 0 Å². The van der Waals surface area contributed by atoms with Gasteiger partial charge in [-0.15, -0.1) is 11.3 Å². The van der Waals surface area contributed by atoms with Crippen LogP contribution in [0.1, 0.15) is 66.6 Å². The number of phenols is 1. The Labute approximate surface area is 173 Å². The number of hydrogen-bond donors (Lipinski definition) is 3. The van der Waals surface area contributed by atoms with Crippen molar-refractivity contribution in [1.82, 2.24) is 5.32 Å². The van der Waals surface area contributed by atoms with E-state index in [4.69, 9.17) is 0 Å². The number of carbonyl (C=O) groups excluding carboxylic acids is 2. The Bertz CT molecular complexity index is 790. The summed E-state index contributed by atoms with van der Waals surface area (Å²) in [5.74, 6) is -2.14. The second kappa shape index (κ2) is 12.8. The Kier molecular flexibility index (Phi) is 11.7.